The van der Waals surface area contributed by atoms with Crippen molar-refractivity contribution in [2.24, 2.45) is 7.05 Å². The van der Waals surface area contributed by atoms with Gasteiger partial charge >= 0.3 is 5.82 Å². The largest absolute Gasteiger partial charge is 0.390 e. The predicted octanol–water partition coefficient (Wildman–Crippen LogP) is 0.263. The Bertz CT molecular complexity index is 644. The molecule has 0 aliphatic rings. The fourth-order valence-corrected chi connectivity index (χ4v) is 1.72. The Morgan fingerprint density at radius 2 is 2.30 bits per heavy atom. The first-order valence-corrected chi connectivity index (χ1v) is 5.93. The molecular weight excluding hydrogens is 264 g/mol. The third-order valence-corrected chi connectivity index (χ3v) is 2.73. The van der Waals surface area contributed by atoms with E-state index in [2.05, 4.69) is 15.5 Å². The van der Waals surface area contributed by atoms with Gasteiger partial charge in [-0.1, -0.05) is 0 Å². The molecule has 9 heteroatoms. The predicted molar refractivity (Wildman–Crippen MR) is 69.2 cm³/mol. The molecule has 2 rings (SSSR count). The Kier molecular flexibility index (Phi) is 3.78. The SMILES string of the molecule is Cc1cc([N+](=O)[O-])nn1CCNC(=O)c1cnn(C)c1. The highest BCUT2D eigenvalue weighted by atomic mass is 16.6. The van der Waals surface area contributed by atoms with Crippen molar-refractivity contribution >= 4 is 11.7 Å². The van der Waals surface area contributed by atoms with Crippen LogP contribution in [0.4, 0.5) is 5.82 Å². The van der Waals surface area contributed by atoms with Crippen LogP contribution in [0.3, 0.4) is 0 Å². The molecule has 0 radical (unpaired) electrons. The molecule has 0 aliphatic carbocycles. The molecule has 0 spiro atoms. The zero-order chi connectivity index (χ0) is 14.7. The maximum Gasteiger partial charge on any atom is 0.390 e. The van der Waals surface area contributed by atoms with Crippen LogP contribution in [0.5, 0.6) is 0 Å². The molecule has 2 heterocycles. The molecule has 0 aliphatic heterocycles. The summed E-state index contributed by atoms with van der Waals surface area (Å²) in [6.07, 6.45) is 3.08. The molecule has 1 amide bonds. The maximum atomic E-state index is 11.7. The monoisotopic (exact) mass is 278 g/mol. The van der Waals surface area contributed by atoms with Crippen LogP contribution in [0.1, 0.15) is 16.1 Å². The van der Waals surface area contributed by atoms with Gasteiger partial charge in [-0.05, 0) is 11.8 Å². The molecule has 0 saturated heterocycles. The van der Waals surface area contributed by atoms with E-state index < -0.39 is 4.92 Å². The molecule has 0 atom stereocenters. The van der Waals surface area contributed by atoms with Crippen molar-refractivity contribution in [1.29, 1.82) is 0 Å². The quantitative estimate of drug-likeness (QED) is 0.623. The first kappa shape index (κ1) is 13.7. The van der Waals surface area contributed by atoms with Crippen molar-refractivity contribution in [2.75, 3.05) is 6.54 Å². The minimum absolute atomic E-state index is 0.193. The standard InChI is InChI=1S/C11H14N6O3/c1-8-5-10(17(19)20)14-16(8)4-3-12-11(18)9-6-13-15(2)7-9/h5-7H,3-4H2,1-2H3,(H,12,18). The van der Waals surface area contributed by atoms with Crippen LogP contribution in [-0.4, -0.2) is 36.9 Å². The summed E-state index contributed by atoms with van der Waals surface area (Å²) in [5.41, 5.74) is 1.14. The van der Waals surface area contributed by atoms with E-state index in [4.69, 9.17) is 0 Å². The van der Waals surface area contributed by atoms with Crippen LogP contribution in [0.25, 0.3) is 0 Å². The fraction of sp³-hybridized carbons (Fsp3) is 0.364. The summed E-state index contributed by atoms with van der Waals surface area (Å²) in [6, 6.07) is 1.39. The van der Waals surface area contributed by atoms with Gasteiger partial charge in [0.05, 0.1) is 35.2 Å². The van der Waals surface area contributed by atoms with Gasteiger partial charge in [0.15, 0.2) is 0 Å². The molecule has 0 unspecified atom stereocenters. The van der Waals surface area contributed by atoms with E-state index in [1.807, 2.05) is 0 Å². The second-order valence-corrected chi connectivity index (χ2v) is 4.28. The van der Waals surface area contributed by atoms with Gasteiger partial charge < -0.3 is 15.4 Å². The van der Waals surface area contributed by atoms with Gasteiger partial charge in [0.1, 0.15) is 0 Å². The first-order chi connectivity index (χ1) is 9.47. The van der Waals surface area contributed by atoms with E-state index in [1.54, 1.807) is 20.2 Å². The maximum absolute atomic E-state index is 11.7. The van der Waals surface area contributed by atoms with Gasteiger partial charge in [0.25, 0.3) is 5.91 Å². The summed E-state index contributed by atoms with van der Waals surface area (Å²) in [6.45, 7) is 2.42. The van der Waals surface area contributed by atoms with Crippen LogP contribution in [0.2, 0.25) is 0 Å². The summed E-state index contributed by atoms with van der Waals surface area (Å²) in [5, 5.41) is 21.0. The van der Waals surface area contributed by atoms with E-state index in [9.17, 15) is 14.9 Å². The third-order valence-electron chi connectivity index (χ3n) is 2.73. The van der Waals surface area contributed by atoms with Crippen molar-refractivity contribution in [2.45, 2.75) is 13.5 Å². The number of nitrogens with one attached hydrogen (secondary N) is 1. The molecule has 0 bridgehead atoms. The average Bonchev–Trinajstić information content (AvgIpc) is 2.96. The summed E-state index contributed by atoms with van der Waals surface area (Å²) >= 11 is 0. The number of hydrogen-bond acceptors (Lipinski definition) is 5. The zero-order valence-corrected chi connectivity index (χ0v) is 11.1. The van der Waals surface area contributed by atoms with Gasteiger partial charge in [-0.2, -0.15) is 9.78 Å². The van der Waals surface area contributed by atoms with E-state index in [-0.39, 0.29) is 11.7 Å². The lowest BCUT2D eigenvalue weighted by molar-refractivity contribution is -0.389. The van der Waals surface area contributed by atoms with Gasteiger partial charge in [-0.3, -0.25) is 9.48 Å². The van der Waals surface area contributed by atoms with E-state index in [1.165, 1.54) is 21.6 Å². The number of carbonyl (C=O) groups is 1. The number of aromatic nitrogens is 4. The summed E-state index contributed by atoms with van der Waals surface area (Å²) < 4.78 is 3.03. The van der Waals surface area contributed by atoms with Crippen LogP contribution < -0.4 is 5.32 Å². The zero-order valence-electron chi connectivity index (χ0n) is 11.1. The van der Waals surface area contributed by atoms with Gasteiger partial charge in [-0.15, -0.1) is 0 Å². The van der Waals surface area contributed by atoms with Crippen molar-refractivity contribution in [3.63, 3.8) is 0 Å². The number of rotatable bonds is 5. The summed E-state index contributed by atoms with van der Waals surface area (Å²) in [5.74, 6) is -0.432. The highest BCUT2D eigenvalue weighted by Gasteiger charge is 2.15. The van der Waals surface area contributed by atoms with Crippen LogP contribution in [-0.2, 0) is 13.6 Å². The van der Waals surface area contributed by atoms with Crippen molar-refractivity contribution in [3.8, 4) is 0 Å². The van der Waals surface area contributed by atoms with Gasteiger partial charge in [-0.25, -0.2) is 0 Å². The molecule has 0 fully saturated rings. The van der Waals surface area contributed by atoms with Crippen molar-refractivity contribution in [1.82, 2.24) is 24.9 Å². The van der Waals surface area contributed by atoms with Crippen LogP contribution >= 0.6 is 0 Å². The van der Waals surface area contributed by atoms with Gasteiger partial charge in [0, 0.05) is 19.8 Å². The Morgan fingerprint density at radius 3 is 2.85 bits per heavy atom. The number of amides is 1. The Hall–Kier alpha value is -2.71. The summed E-state index contributed by atoms with van der Waals surface area (Å²) in [4.78, 5) is 21.8. The molecule has 2 aromatic rings. The molecule has 0 saturated carbocycles. The number of aryl methyl sites for hydroxylation is 2. The average molecular weight is 278 g/mol. The first-order valence-electron chi connectivity index (χ1n) is 5.93. The second kappa shape index (κ2) is 5.51. The van der Waals surface area contributed by atoms with E-state index >= 15 is 0 Å². The number of carbonyl (C=O) groups excluding carboxylic acids is 1. The number of nitrogens with zero attached hydrogens (tertiary/aromatic N) is 5. The number of nitro groups is 1. The van der Waals surface area contributed by atoms with Crippen molar-refractivity contribution in [3.05, 3.63) is 39.8 Å². The molecule has 106 valence electrons. The van der Waals surface area contributed by atoms with E-state index in [0.717, 1.165) is 0 Å². The minimum Gasteiger partial charge on any atom is -0.358 e. The molecule has 1 N–H and O–H groups in total. The lowest BCUT2D eigenvalue weighted by atomic mass is 10.3. The molecule has 20 heavy (non-hydrogen) atoms. The van der Waals surface area contributed by atoms with Crippen LogP contribution in [0.15, 0.2) is 18.5 Å². The molecule has 2 aromatic heterocycles. The molecule has 0 aromatic carbocycles. The third kappa shape index (κ3) is 2.99. The highest BCUT2D eigenvalue weighted by molar-refractivity contribution is 5.93. The highest BCUT2D eigenvalue weighted by Crippen LogP contribution is 2.10. The Balaban J connectivity index is 1.90. The van der Waals surface area contributed by atoms with Gasteiger partial charge in [0.2, 0.25) is 0 Å². The fourth-order valence-electron chi connectivity index (χ4n) is 1.72. The Labute approximate surface area is 114 Å². The second-order valence-electron chi connectivity index (χ2n) is 4.28. The molecular formula is C11H14N6O3. The lowest BCUT2D eigenvalue weighted by Gasteiger charge is -2.02. The number of hydrogen-bond donors (Lipinski definition) is 1. The van der Waals surface area contributed by atoms with Crippen LogP contribution in [0, 0.1) is 17.0 Å². The summed E-state index contributed by atoms with van der Waals surface area (Å²) in [7, 11) is 1.73. The van der Waals surface area contributed by atoms with E-state index in [0.29, 0.717) is 24.3 Å². The molecule has 9 nitrogen and oxygen atoms in total. The smallest absolute Gasteiger partial charge is 0.358 e. The topological polar surface area (TPSA) is 108 Å². The normalized spacial score (nSPS) is 10.5. The Morgan fingerprint density at radius 1 is 1.55 bits per heavy atom. The minimum atomic E-state index is -0.544. The lowest BCUT2D eigenvalue weighted by Crippen LogP contribution is -2.27. The van der Waals surface area contributed by atoms with Crippen molar-refractivity contribution < 1.29 is 9.72 Å².